The van der Waals surface area contributed by atoms with Crippen molar-refractivity contribution in [1.82, 2.24) is 14.5 Å². The molecule has 2 aliphatic heterocycles. The molecule has 0 aliphatic carbocycles. The van der Waals surface area contributed by atoms with Crippen molar-refractivity contribution >= 4 is 17.6 Å². The van der Waals surface area contributed by atoms with E-state index in [1.165, 1.54) is 5.69 Å². The number of carboxylic acid groups (broad SMARTS) is 1. The number of pyridine rings is 1. The minimum Gasteiger partial charge on any atom is -0.475 e. The van der Waals surface area contributed by atoms with E-state index in [-0.39, 0.29) is 11.4 Å². The summed E-state index contributed by atoms with van der Waals surface area (Å²) in [5, 5.41) is 7.12. The van der Waals surface area contributed by atoms with Gasteiger partial charge in [-0.3, -0.25) is 4.79 Å². The fourth-order valence-corrected chi connectivity index (χ4v) is 4.49. The number of hydrogen-bond donors (Lipinski definition) is 1. The number of likely N-dealkylation sites (tertiary alicyclic amines) is 1. The number of anilines is 1. The zero-order chi connectivity index (χ0) is 23.7. The maximum Gasteiger partial charge on any atom is 0.490 e. The lowest BCUT2D eigenvalue weighted by Gasteiger charge is -2.46. The van der Waals surface area contributed by atoms with Crippen molar-refractivity contribution in [2.75, 3.05) is 24.5 Å². The monoisotopic (exact) mass is 452 g/mol. The normalized spacial score (nSPS) is 19.5. The molecule has 2 aliphatic rings. The van der Waals surface area contributed by atoms with E-state index in [0.717, 1.165) is 37.6 Å². The molecule has 10 heteroatoms. The van der Waals surface area contributed by atoms with Crippen molar-refractivity contribution in [3.63, 3.8) is 0 Å². The first-order valence-corrected chi connectivity index (χ1v) is 10.5. The van der Waals surface area contributed by atoms with Crippen molar-refractivity contribution in [2.24, 2.45) is 5.92 Å². The first kappa shape index (κ1) is 23.6. The van der Waals surface area contributed by atoms with Crippen molar-refractivity contribution in [3.8, 4) is 5.82 Å². The van der Waals surface area contributed by atoms with Crippen LogP contribution in [-0.4, -0.2) is 57.2 Å². The maximum atomic E-state index is 12.7. The predicted octanol–water partition coefficient (Wildman–Crippen LogP) is 3.82. The summed E-state index contributed by atoms with van der Waals surface area (Å²) in [6.45, 7) is 8.88. The Kier molecular flexibility index (Phi) is 6.52. The van der Waals surface area contributed by atoms with Gasteiger partial charge in [-0.2, -0.15) is 13.2 Å². The fourth-order valence-electron chi connectivity index (χ4n) is 4.49. The van der Waals surface area contributed by atoms with Crippen molar-refractivity contribution in [3.05, 3.63) is 42.4 Å². The van der Waals surface area contributed by atoms with E-state index in [0.29, 0.717) is 12.3 Å². The highest BCUT2D eigenvalue weighted by Crippen LogP contribution is 2.46. The Morgan fingerprint density at radius 2 is 1.94 bits per heavy atom. The van der Waals surface area contributed by atoms with Crippen LogP contribution in [0.15, 0.2) is 36.7 Å². The highest BCUT2D eigenvalue weighted by atomic mass is 19.4. The molecule has 2 aromatic heterocycles. The molecule has 0 bridgehead atoms. The number of hydrogen-bond acceptors (Lipinski definition) is 4. The fraction of sp³-hybridized carbons (Fsp3) is 0.500. The summed E-state index contributed by atoms with van der Waals surface area (Å²) in [6, 6.07) is 8.43. The first-order valence-electron chi connectivity index (χ1n) is 10.5. The van der Waals surface area contributed by atoms with Crippen molar-refractivity contribution in [1.29, 1.82) is 0 Å². The highest BCUT2D eigenvalue weighted by Gasteiger charge is 2.50. The van der Waals surface area contributed by atoms with E-state index < -0.39 is 12.1 Å². The molecule has 2 aromatic rings. The molecule has 1 amide bonds. The third-order valence-electron chi connectivity index (χ3n) is 5.77. The molecule has 1 atom stereocenters. The van der Waals surface area contributed by atoms with Crippen LogP contribution in [0, 0.1) is 5.92 Å². The number of alkyl halides is 3. The summed E-state index contributed by atoms with van der Waals surface area (Å²) in [5.74, 6) is -1.10. The Hall–Kier alpha value is -3.04. The van der Waals surface area contributed by atoms with Gasteiger partial charge in [-0.1, -0.05) is 13.8 Å². The number of carbonyl (C=O) groups excluding carboxylic acids is 1. The maximum absolute atomic E-state index is 12.7. The Morgan fingerprint density at radius 1 is 1.25 bits per heavy atom. The topological polar surface area (TPSA) is 78.7 Å². The average Bonchev–Trinajstić information content (AvgIpc) is 3.36. The number of likely N-dealkylation sites (N-methyl/N-ethyl adjacent to an activating group) is 1. The smallest absolute Gasteiger partial charge is 0.475 e. The van der Waals surface area contributed by atoms with E-state index in [2.05, 4.69) is 64.5 Å². The van der Waals surface area contributed by atoms with Gasteiger partial charge in [0.2, 0.25) is 5.91 Å². The summed E-state index contributed by atoms with van der Waals surface area (Å²) in [6.07, 6.45) is 0.445. The van der Waals surface area contributed by atoms with Crippen LogP contribution < -0.4 is 4.90 Å². The number of rotatable bonds is 3. The Bertz CT molecular complexity index is 989. The molecule has 174 valence electrons. The molecular formula is C22H27F3N4O3. The molecule has 1 unspecified atom stereocenters. The number of carbonyl (C=O) groups is 2. The molecule has 1 N–H and O–H groups in total. The third kappa shape index (κ3) is 4.31. The first-order chi connectivity index (χ1) is 15.0. The highest BCUT2D eigenvalue weighted by molar-refractivity contribution is 5.77. The lowest BCUT2D eigenvalue weighted by Crippen LogP contribution is -2.52. The van der Waals surface area contributed by atoms with Crippen LogP contribution in [0.1, 0.15) is 39.3 Å². The largest absolute Gasteiger partial charge is 0.490 e. The van der Waals surface area contributed by atoms with Gasteiger partial charge in [-0.15, -0.1) is 0 Å². The molecule has 1 spiro atoms. The van der Waals surface area contributed by atoms with Crippen LogP contribution >= 0.6 is 0 Å². The molecule has 4 heterocycles. The minimum absolute atomic E-state index is 0.152. The number of carboxylic acids is 1. The third-order valence-corrected chi connectivity index (χ3v) is 5.77. The van der Waals surface area contributed by atoms with Gasteiger partial charge in [-0.25, -0.2) is 9.78 Å². The van der Waals surface area contributed by atoms with Gasteiger partial charge in [-0.05, 0) is 43.5 Å². The summed E-state index contributed by atoms with van der Waals surface area (Å²) in [4.78, 5) is 30.7. The van der Waals surface area contributed by atoms with Crippen molar-refractivity contribution in [2.45, 2.75) is 45.3 Å². The van der Waals surface area contributed by atoms with Gasteiger partial charge in [0, 0.05) is 38.4 Å². The molecule has 32 heavy (non-hydrogen) atoms. The van der Waals surface area contributed by atoms with Gasteiger partial charge < -0.3 is 19.5 Å². The number of amides is 1. The zero-order valence-corrected chi connectivity index (χ0v) is 18.3. The standard InChI is InChI=1S/C20H26N4O.C2HF3O2/c1-4-24-16-7-5-10-21-19(16)23-11-6-8-17(23)20(24)9-12-22(14-20)18(25)13-15(2)3;3-2(4,5)1(6)7/h5-8,10-11,15H,4,9,12-14H2,1-3H3;(H,6,7). The van der Waals surface area contributed by atoms with Crippen molar-refractivity contribution < 1.29 is 27.9 Å². The lowest BCUT2D eigenvalue weighted by atomic mass is 9.89. The number of aromatic nitrogens is 2. The second-order valence-electron chi connectivity index (χ2n) is 8.35. The molecule has 7 nitrogen and oxygen atoms in total. The Labute approximate surface area is 184 Å². The quantitative estimate of drug-likeness (QED) is 0.766. The van der Waals surface area contributed by atoms with Gasteiger partial charge in [0.1, 0.15) is 0 Å². The van der Waals surface area contributed by atoms with Gasteiger partial charge in [0.05, 0.1) is 16.9 Å². The van der Waals surface area contributed by atoms with Crippen LogP contribution in [0.4, 0.5) is 18.9 Å². The number of halogens is 3. The number of fused-ring (bicyclic) bond motifs is 4. The Morgan fingerprint density at radius 3 is 2.53 bits per heavy atom. The SMILES string of the molecule is CCN1c2cccnc2-n2cccc2C12CCN(C(=O)CC(C)C)C2.O=C(O)C(F)(F)F. The second-order valence-corrected chi connectivity index (χ2v) is 8.35. The van der Waals surface area contributed by atoms with Gasteiger partial charge in [0.25, 0.3) is 0 Å². The van der Waals surface area contributed by atoms with Gasteiger partial charge >= 0.3 is 12.1 Å². The van der Waals surface area contributed by atoms with Crippen LogP contribution in [0.25, 0.3) is 5.82 Å². The van der Waals surface area contributed by atoms with E-state index >= 15 is 0 Å². The van der Waals surface area contributed by atoms with Crippen LogP contribution in [0.5, 0.6) is 0 Å². The lowest BCUT2D eigenvalue weighted by molar-refractivity contribution is -0.192. The number of aliphatic carboxylic acids is 1. The van der Waals surface area contributed by atoms with Gasteiger partial charge in [0.15, 0.2) is 5.82 Å². The summed E-state index contributed by atoms with van der Waals surface area (Å²) < 4.78 is 33.9. The van der Waals surface area contributed by atoms with Crippen LogP contribution in [-0.2, 0) is 15.1 Å². The predicted molar refractivity (Wildman–Crippen MR) is 113 cm³/mol. The Balaban J connectivity index is 0.000000360. The summed E-state index contributed by atoms with van der Waals surface area (Å²) >= 11 is 0. The average molecular weight is 452 g/mol. The zero-order valence-electron chi connectivity index (χ0n) is 18.3. The molecule has 4 rings (SSSR count). The summed E-state index contributed by atoms with van der Waals surface area (Å²) in [5.41, 5.74) is 2.26. The number of nitrogens with zero attached hydrogens (tertiary/aromatic N) is 4. The van der Waals surface area contributed by atoms with E-state index in [9.17, 15) is 18.0 Å². The van der Waals surface area contributed by atoms with E-state index in [4.69, 9.17) is 9.90 Å². The molecule has 1 fully saturated rings. The van der Waals surface area contributed by atoms with Crippen LogP contribution in [0.3, 0.4) is 0 Å². The summed E-state index contributed by atoms with van der Waals surface area (Å²) in [7, 11) is 0. The molecule has 1 saturated heterocycles. The minimum atomic E-state index is -5.08. The molecule has 0 saturated carbocycles. The molecular weight excluding hydrogens is 425 g/mol. The second kappa shape index (κ2) is 8.84. The molecule has 0 aromatic carbocycles. The van der Waals surface area contributed by atoms with E-state index in [1.54, 1.807) is 0 Å². The van der Waals surface area contributed by atoms with Crippen LogP contribution in [0.2, 0.25) is 0 Å². The van der Waals surface area contributed by atoms with E-state index in [1.807, 2.05) is 12.3 Å². The molecule has 0 radical (unpaired) electrons.